The molecular weight excluding hydrogens is 198 g/mol. The van der Waals surface area contributed by atoms with Gasteiger partial charge in [0.15, 0.2) is 0 Å². The van der Waals surface area contributed by atoms with Crippen LogP contribution < -0.4 is 0 Å². The van der Waals surface area contributed by atoms with Crippen LogP contribution >= 0.6 is 0 Å². The first kappa shape index (κ1) is 13.2. The molecule has 1 rings (SSSR count). The molecule has 0 radical (unpaired) electrons. The number of nitrogens with zero attached hydrogens (tertiary/aromatic N) is 1. The van der Waals surface area contributed by atoms with Crippen molar-refractivity contribution in [3.05, 3.63) is 36.0 Å². The number of rotatable bonds is 5. The van der Waals surface area contributed by atoms with E-state index in [9.17, 15) is 0 Å². The maximum Gasteiger partial charge on any atom is 0.0594 e. The molecule has 0 aromatic rings. The molecular formula is C14H23NO. The van der Waals surface area contributed by atoms with Crippen molar-refractivity contribution in [2.45, 2.75) is 20.3 Å². The number of hydrogen-bond donors (Lipinski definition) is 0. The van der Waals surface area contributed by atoms with Gasteiger partial charge in [0, 0.05) is 19.6 Å². The third-order valence-corrected chi connectivity index (χ3v) is 2.83. The smallest absolute Gasteiger partial charge is 0.0594 e. The molecule has 1 saturated heterocycles. The molecule has 1 aliphatic heterocycles. The van der Waals surface area contributed by atoms with Crippen LogP contribution in [0.25, 0.3) is 0 Å². The van der Waals surface area contributed by atoms with Crippen LogP contribution in [0.1, 0.15) is 20.3 Å². The third kappa shape index (κ3) is 4.77. The topological polar surface area (TPSA) is 12.5 Å². The van der Waals surface area contributed by atoms with Crippen LogP contribution in [0.5, 0.6) is 0 Å². The maximum absolute atomic E-state index is 5.33. The lowest BCUT2D eigenvalue weighted by molar-refractivity contribution is 0.0423. The Hall–Kier alpha value is -0.860. The van der Waals surface area contributed by atoms with E-state index in [1.165, 1.54) is 11.1 Å². The summed E-state index contributed by atoms with van der Waals surface area (Å²) in [4.78, 5) is 2.43. The van der Waals surface area contributed by atoms with Gasteiger partial charge < -0.3 is 4.74 Å². The Bertz CT molecular complexity index is 272. The highest BCUT2D eigenvalue weighted by Gasteiger charge is 2.09. The highest BCUT2D eigenvalue weighted by atomic mass is 16.5. The molecule has 0 amide bonds. The number of ether oxygens (including phenoxy) is 1. The molecule has 0 aromatic heterocycles. The van der Waals surface area contributed by atoms with Gasteiger partial charge in [-0.2, -0.15) is 0 Å². The van der Waals surface area contributed by atoms with Gasteiger partial charge in [-0.15, -0.1) is 0 Å². The van der Waals surface area contributed by atoms with Gasteiger partial charge in [-0.3, -0.25) is 4.90 Å². The summed E-state index contributed by atoms with van der Waals surface area (Å²) < 4.78 is 5.33. The normalized spacial score (nSPS) is 19.9. The highest BCUT2D eigenvalue weighted by molar-refractivity contribution is 5.24. The number of morpholine rings is 1. The molecule has 1 aliphatic rings. The van der Waals surface area contributed by atoms with E-state index in [0.29, 0.717) is 0 Å². The van der Waals surface area contributed by atoms with Crippen LogP contribution in [0, 0.1) is 0 Å². The SMILES string of the molecule is C=C/C(=C\C=C(/C)CN1CCOCC1)CC. The predicted octanol–water partition coefficient (Wildman–Crippen LogP) is 2.79. The van der Waals surface area contributed by atoms with Crippen molar-refractivity contribution in [3.63, 3.8) is 0 Å². The Balaban J connectivity index is 2.43. The molecule has 2 nitrogen and oxygen atoms in total. The molecule has 0 aromatic carbocycles. The quantitative estimate of drug-likeness (QED) is 0.662. The fourth-order valence-electron chi connectivity index (χ4n) is 1.74. The minimum Gasteiger partial charge on any atom is -0.379 e. The lowest BCUT2D eigenvalue weighted by Crippen LogP contribution is -2.37. The van der Waals surface area contributed by atoms with Crippen molar-refractivity contribution in [3.8, 4) is 0 Å². The molecule has 16 heavy (non-hydrogen) atoms. The number of hydrogen-bond acceptors (Lipinski definition) is 2. The second-order valence-electron chi connectivity index (χ2n) is 4.20. The van der Waals surface area contributed by atoms with Gasteiger partial charge in [-0.05, 0) is 18.9 Å². The summed E-state index contributed by atoms with van der Waals surface area (Å²) >= 11 is 0. The van der Waals surface area contributed by atoms with E-state index in [0.717, 1.165) is 39.3 Å². The fraction of sp³-hybridized carbons (Fsp3) is 0.571. The maximum atomic E-state index is 5.33. The zero-order valence-corrected chi connectivity index (χ0v) is 10.5. The van der Waals surface area contributed by atoms with Crippen LogP contribution in [0.3, 0.4) is 0 Å². The van der Waals surface area contributed by atoms with Gasteiger partial charge >= 0.3 is 0 Å². The van der Waals surface area contributed by atoms with E-state index < -0.39 is 0 Å². The molecule has 1 heterocycles. The molecule has 2 heteroatoms. The summed E-state index contributed by atoms with van der Waals surface area (Å²) in [6.45, 7) is 13.0. The monoisotopic (exact) mass is 221 g/mol. The molecule has 90 valence electrons. The summed E-state index contributed by atoms with van der Waals surface area (Å²) in [6, 6.07) is 0. The molecule has 0 saturated carbocycles. The van der Waals surface area contributed by atoms with E-state index in [1.54, 1.807) is 0 Å². The first-order valence-electron chi connectivity index (χ1n) is 6.05. The van der Waals surface area contributed by atoms with Crippen LogP contribution in [0.2, 0.25) is 0 Å². The first-order chi connectivity index (χ1) is 7.76. The van der Waals surface area contributed by atoms with Crippen molar-refractivity contribution >= 4 is 0 Å². The van der Waals surface area contributed by atoms with Gasteiger partial charge in [-0.1, -0.05) is 37.3 Å². The van der Waals surface area contributed by atoms with Crippen molar-refractivity contribution in [1.29, 1.82) is 0 Å². The fourth-order valence-corrected chi connectivity index (χ4v) is 1.74. The third-order valence-electron chi connectivity index (χ3n) is 2.83. The van der Waals surface area contributed by atoms with Gasteiger partial charge in [-0.25, -0.2) is 0 Å². The average molecular weight is 221 g/mol. The zero-order valence-electron chi connectivity index (χ0n) is 10.5. The second-order valence-corrected chi connectivity index (χ2v) is 4.20. The highest BCUT2D eigenvalue weighted by Crippen LogP contribution is 2.06. The lowest BCUT2D eigenvalue weighted by Gasteiger charge is -2.26. The summed E-state index contributed by atoms with van der Waals surface area (Å²) in [7, 11) is 0. The Morgan fingerprint density at radius 2 is 2.00 bits per heavy atom. The molecule has 0 spiro atoms. The lowest BCUT2D eigenvalue weighted by atomic mass is 10.1. The molecule has 1 fully saturated rings. The molecule has 0 atom stereocenters. The molecule has 0 unspecified atom stereocenters. The van der Waals surface area contributed by atoms with E-state index in [4.69, 9.17) is 4.74 Å². The van der Waals surface area contributed by atoms with Gasteiger partial charge in [0.25, 0.3) is 0 Å². The van der Waals surface area contributed by atoms with E-state index in [-0.39, 0.29) is 0 Å². The van der Waals surface area contributed by atoms with Gasteiger partial charge in [0.2, 0.25) is 0 Å². The second kappa shape index (κ2) is 7.42. The summed E-state index contributed by atoms with van der Waals surface area (Å²) in [6.07, 6.45) is 7.35. The Morgan fingerprint density at radius 3 is 2.56 bits per heavy atom. The van der Waals surface area contributed by atoms with Crippen molar-refractivity contribution in [2.24, 2.45) is 0 Å². The van der Waals surface area contributed by atoms with Crippen LogP contribution in [-0.4, -0.2) is 37.7 Å². The number of allylic oxidation sites excluding steroid dienone is 4. The minimum atomic E-state index is 0.871. The summed E-state index contributed by atoms with van der Waals surface area (Å²) in [5.74, 6) is 0. The minimum absolute atomic E-state index is 0.871. The van der Waals surface area contributed by atoms with Crippen LogP contribution in [-0.2, 0) is 4.74 Å². The van der Waals surface area contributed by atoms with Crippen LogP contribution in [0.4, 0.5) is 0 Å². The Morgan fingerprint density at radius 1 is 1.31 bits per heavy atom. The predicted molar refractivity (Wildman–Crippen MR) is 69.6 cm³/mol. The van der Waals surface area contributed by atoms with E-state index >= 15 is 0 Å². The summed E-state index contributed by atoms with van der Waals surface area (Å²) in [5, 5.41) is 0. The van der Waals surface area contributed by atoms with Gasteiger partial charge in [0.1, 0.15) is 0 Å². The van der Waals surface area contributed by atoms with E-state index in [2.05, 4.69) is 37.5 Å². The molecule has 0 bridgehead atoms. The Labute approximate surface area is 99.3 Å². The Kier molecular flexibility index (Phi) is 6.12. The standard InChI is InChI=1S/C14H23NO/c1-4-14(5-2)7-6-13(3)12-15-8-10-16-11-9-15/h4,6-7H,1,5,8-12H2,2-3H3/b13-6+,14-7+. The summed E-state index contributed by atoms with van der Waals surface area (Å²) in [5.41, 5.74) is 2.69. The average Bonchev–Trinajstić information content (AvgIpc) is 2.31. The molecule has 0 N–H and O–H groups in total. The first-order valence-corrected chi connectivity index (χ1v) is 6.05. The van der Waals surface area contributed by atoms with Gasteiger partial charge in [0.05, 0.1) is 13.2 Å². The largest absolute Gasteiger partial charge is 0.379 e. The van der Waals surface area contributed by atoms with Crippen molar-refractivity contribution in [1.82, 2.24) is 4.90 Å². The van der Waals surface area contributed by atoms with Crippen molar-refractivity contribution in [2.75, 3.05) is 32.8 Å². The molecule has 0 aliphatic carbocycles. The van der Waals surface area contributed by atoms with Crippen LogP contribution in [0.15, 0.2) is 36.0 Å². The van der Waals surface area contributed by atoms with E-state index in [1.807, 2.05) is 6.08 Å². The zero-order chi connectivity index (χ0) is 11.8. The van der Waals surface area contributed by atoms with Crippen molar-refractivity contribution < 1.29 is 4.74 Å².